The average molecular weight is 225 g/mol. The summed E-state index contributed by atoms with van der Waals surface area (Å²) in [5.41, 5.74) is 3.56. The predicted molar refractivity (Wildman–Crippen MR) is 62.3 cm³/mol. The summed E-state index contributed by atoms with van der Waals surface area (Å²) in [5, 5.41) is 9.56. The Kier molecular flexibility index (Phi) is 4.15. The van der Waals surface area contributed by atoms with Crippen LogP contribution in [0.1, 0.15) is 26.3 Å². The van der Waals surface area contributed by atoms with Gasteiger partial charge in [-0.3, -0.25) is 4.84 Å². The molecule has 0 amide bonds. The molecule has 0 atom stereocenters. The van der Waals surface area contributed by atoms with Gasteiger partial charge in [0.25, 0.3) is 0 Å². The van der Waals surface area contributed by atoms with E-state index in [-0.39, 0.29) is 11.4 Å². The topological polar surface area (TPSA) is 50.7 Å². The number of hydrogen-bond acceptors (Lipinski definition) is 4. The third-order valence-electron chi connectivity index (χ3n) is 1.90. The van der Waals surface area contributed by atoms with Gasteiger partial charge in [-0.15, -0.1) is 0 Å². The van der Waals surface area contributed by atoms with Crippen molar-refractivity contribution in [1.29, 1.82) is 0 Å². The number of nitrogens with one attached hydrogen (secondary N) is 1. The number of rotatable bonds is 4. The largest absolute Gasteiger partial charge is 0.504 e. The van der Waals surface area contributed by atoms with E-state index in [1.165, 1.54) is 7.11 Å². The van der Waals surface area contributed by atoms with E-state index in [9.17, 15) is 5.11 Å². The van der Waals surface area contributed by atoms with Crippen LogP contribution in [0.4, 0.5) is 0 Å². The van der Waals surface area contributed by atoms with E-state index in [4.69, 9.17) is 9.57 Å². The lowest BCUT2D eigenvalue weighted by Crippen LogP contribution is -2.28. The van der Waals surface area contributed by atoms with Gasteiger partial charge in [-0.2, -0.15) is 5.48 Å². The lowest BCUT2D eigenvalue weighted by Gasteiger charge is -2.19. The molecule has 0 heterocycles. The van der Waals surface area contributed by atoms with Gasteiger partial charge in [0.15, 0.2) is 11.5 Å². The maximum Gasteiger partial charge on any atom is 0.160 e. The van der Waals surface area contributed by atoms with Crippen molar-refractivity contribution in [3.63, 3.8) is 0 Å². The normalized spacial score (nSPS) is 11.5. The standard InChI is InChI=1S/C12H19NO3/c1-12(2,3)16-13-8-9-5-6-11(15-4)10(14)7-9/h5-7,13-14H,8H2,1-4H3. The maximum absolute atomic E-state index is 9.56. The fraction of sp³-hybridized carbons (Fsp3) is 0.500. The molecule has 4 nitrogen and oxygen atoms in total. The third kappa shape index (κ3) is 4.08. The van der Waals surface area contributed by atoms with Crippen molar-refractivity contribution < 1.29 is 14.7 Å². The molecule has 0 bridgehead atoms. The molecule has 0 aromatic heterocycles. The van der Waals surface area contributed by atoms with Crippen LogP contribution in [0.2, 0.25) is 0 Å². The number of hydroxylamine groups is 1. The quantitative estimate of drug-likeness (QED) is 0.771. The zero-order chi connectivity index (χ0) is 12.2. The van der Waals surface area contributed by atoms with Gasteiger partial charge < -0.3 is 9.84 Å². The molecule has 4 heteroatoms. The Morgan fingerprint density at radius 2 is 2.00 bits per heavy atom. The second kappa shape index (κ2) is 5.18. The molecular formula is C12H19NO3. The first-order chi connectivity index (χ1) is 7.42. The fourth-order valence-electron chi connectivity index (χ4n) is 1.18. The summed E-state index contributed by atoms with van der Waals surface area (Å²) in [6, 6.07) is 5.25. The minimum absolute atomic E-state index is 0.137. The van der Waals surface area contributed by atoms with Crippen LogP contribution >= 0.6 is 0 Å². The smallest absolute Gasteiger partial charge is 0.160 e. The van der Waals surface area contributed by atoms with Gasteiger partial charge in [-0.1, -0.05) is 6.07 Å². The van der Waals surface area contributed by atoms with Gasteiger partial charge in [0.05, 0.1) is 12.7 Å². The molecule has 0 spiro atoms. The number of methoxy groups -OCH3 is 1. The van der Waals surface area contributed by atoms with Gasteiger partial charge in [0.2, 0.25) is 0 Å². The SMILES string of the molecule is COc1ccc(CNOC(C)(C)C)cc1O. The Hall–Kier alpha value is -1.26. The molecule has 0 saturated carbocycles. The Balaban J connectivity index is 2.52. The second-order valence-electron chi connectivity index (χ2n) is 4.54. The van der Waals surface area contributed by atoms with E-state index in [0.717, 1.165) is 5.56 Å². The first-order valence-electron chi connectivity index (χ1n) is 5.19. The van der Waals surface area contributed by atoms with Crippen molar-refractivity contribution in [2.24, 2.45) is 0 Å². The molecule has 0 fully saturated rings. The summed E-state index contributed by atoms with van der Waals surface area (Å²) in [7, 11) is 1.52. The molecule has 0 radical (unpaired) electrons. The molecule has 0 saturated heterocycles. The van der Waals surface area contributed by atoms with Crippen LogP contribution in [0.15, 0.2) is 18.2 Å². The van der Waals surface area contributed by atoms with Crippen molar-refractivity contribution in [3.05, 3.63) is 23.8 Å². The van der Waals surface area contributed by atoms with E-state index in [2.05, 4.69) is 5.48 Å². The zero-order valence-electron chi connectivity index (χ0n) is 10.2. The zero-order valence-corrected chi connectivity index (χ0v) is 10.2. The molecule has 0 aliphatic heterocycles. The van der Waals surface area contributed by atoms with E-state index in [1.807, 2.05) is 26.8 Å². The summed E-state index contributed by atoms with van der Waals surface area (Å²) in [6.07, 6.45) is 0. The summed E-state index contributed by atoms with van der Waals surface area (Å²) in [4.78, 5) is 5.37. The van der Waals surface area contributed by atoms with Crippen molar-refractivity contribution in [1.82, 2.24) is 5.48 Å². The number of ether oxygens (including phenoxy) is 1. The highest BCUT2D eigenvalue weighted by molar-refractivity contribution is 5.41. The Bertz CT molecular complexity index is 345. The highest BCUT2D eigenvalue weighted by Crippen LogP contribution is 2.26. The molecule has 2 N–H and O–H groups in total. The van der Waals surface area contributed by atoms with E-state index < -0.39 is 0 Å². The number of hydrogen-bond donors (Lipinski definition) is 2. The van der Waals surface area contributed by atoms with Gasteiger partial charge in [-0.05, 0) is 38.5 Å². The molecule has 90 valence electrons. The first-order valence-corrected chi connectivity index (χ1v) is 5.19. The van der Waals surface area contributed by atoms with Gasteiger partial charge in [-0.25, -0.2) is 0 Å². The molecule has 0 aliphatic carbocycles. The minimum atomic E-state index is -0.228. The second-order valence-corrected chi connectivity index (χ2v) is 4.54. The average Bonchev–Trinajstić information content (AvgIpc) is 2.16. The van der Waals surface area contributed by atoms with Crippen molar-refractivity contribution in [2.75, 3.05) is 7.11 Å². The van der Waals surface area contributed by atoms with Crippen molar-refractivity contribution in [3.8, 4) is 11.5 Å². The Morgan fingerprint density at radius 3 is 2.50 bits per heavy atom. The molecule has 0 unspecified atom stereocenters. The van der Waals surface area contributed by atoms with E-state index >= 15 is 0 Å². The van der Waals surface area contributed by atoms with Crippen molar-refractivity contribution >= 4 is 0 Å². The van der Waals surface area contributed by atoms with Crippen molar-refractivity contribution in [2.45, 2.75) is 32.9 Å². The van der Waals surface area contributed by atoms with Gasteiger partial charge in [0, 0.05) is 6.54 Å². The summed E-state index contributed by atoms with van der Waals surface area (Å²) < 4.78 is 4.96. The lowest BCUT2D eigenvalue weighted by atomic mass is 10.2. The third-order valence-corrected chi connectivity index (χ3v) is 1.90. The van der Waals surface area contributed by atoms with Crippen LogP contribution in [0.5, 0.6) is 11.5 Å². The predicted octanol–water partition coefficient (Wildman–Crippen LogP) is 2.22. The summed E-state index contributed by atoms with van der Waals surface area (Å²) in [5.74, 6) is 0.609. The fourth-order valence-corrected chi connectivity index (χ4v) is 1.18. The Labute approximate surface area is 96.1 Å². The first kappa shape index (κ1) is 12.8. The van der Waals surface area contributed by atoms with Gasteiger partial charge >= 0.3 is 0 Å². The molecule has 1 aromatic rings. The number of phenols is 1. The van der Waals surface area contributed by atoms with Gasteiger partial charge in [0.1, 0.15) is 0 Å². The molecule has 1 rings (SSSR count). The van der Waals surface area contributed by atoms with Crippen LogP contribution in [0.25, 0.3) is 0 Å². The highest BCUT2D eigenvalue weighted by Gasteiger charge is 2.10. The van der Waals surface area contributed by atoms with E-state index in [1.54, 1.807) is 12.1 Å². The molecule has 16 heavy (non-hydrogen) atoms. The summed E-state index contributed by atoms with van der Waals surface area (Å²) >= 11 is 0. The molecular weight excluding hydrogens is 206 g/mol. The van der Waals surface area contributed by atoms with Crippen LogP contribution in [0.3, 0.4) is 0 Å². The highest BCUT2D eigenvalue weighted by atomic mass is 16.7. The number of phenolic OH excluding ortho intramolecular Hbond substituents is 1. The minimum Gasteiger partial charge on any atom is -0.504 e. The van der Waals surface area contributed by atoms with Crippen LogP contribution in [-0.2, 0) is 11.4 Å². The number of benzene rings is 1. The van der Waals surface area contributed by atoms with E-state index in [0.29, 0.717) is 12.3 Å². The van der Waals surface area contributed by atoms with Crippen LogP contribution in [-0.4, -0.2) is 17.8 Å². The monoisotopic (exact) mass is 225 g/mol. The Morgan fingerprint density at radius 1 is 1.31 bits per heavy atom. The van der Waals surface area contributed by atoms with Crippen LogP contribution < -0.4 is 10.2 Å². The summed E-state index contributed by atoms with van der Waals surface area (Å²) in [6.45, 7) is 6.43. The number of aromatic hydroxyl groups is 1. The maximum atomic E-state index is 9.56. The lowest BCUT2D eigenvalue weighted by molar-refractivity contribution is -0.0757. The molecule has 0 aliphatic rings. The molecule has 1 aromatic carbocycles. The van der Waals surface area contributed by atoms with Crippen LogP contribution in [0, 0.1) is 0 Å².